The lowest BCUT2D eigenvalue weighted by molar-refractivity contribution is 0.163. The second-order valence-corrected chi connectivity index (χ2v) is 8.90. The van der Waals surface area contributed by atoms with Crippen LogP contribution < -0.4 is 0 Å². The van der Waals surface area contributed by atoms with Crippen LogP contribution in [0.1, 0.15) is 31.1 Å². The zero-order chi connectivity index (χ0) is 19.4. The number of piperazine rings is 1. The highest BCUT2D eigenvalue weighted by molar-refractivity contribution is 7.89. The predicted molar refractivity (Wildman–Crippen MR) is 98.0 cm³/mol. The van der Waals surface area contributed by atoms with Gasteiger partial charge in [-0.15, -0.1) is 0 Å². The number of rotatable bonds is 6. The number of nitriles is 1. The molecule has 0 aliphatic carbocycles. The summed E-state index contributed by atoms with van der Waals surface area (Å²) in [6.45, 7) is 6.55. The topological polar surface area (TPSA) is 103 Å². The lowest BCUT2D eigenvalue weighted by Gasteiger charge is -2.33. The van der Waals surface area contributed by atoms with E-state index in [9.17, 15) is 13.7 Å². The molecule has 0 saturated carbocycles. The first-order valence-corrected chi connectivity index (χ1v) is 10.4. The van der Waals surface area contributed by atoms with Gasteiger partial charge in [-0.3, -0.25) is 4.90 Å². The van der Waals surface area contributed by atoms with Gasteiger partial charge in [-0.2, -0.15) is 14.6 Å². The molecule has 1 fully saturated rings. The van der Waals surface area contributed by atoms with E-state index in [0.29, 0.717) is 50.4 Å². The summed E-state index contributed by atoms with van der Waals surface area (Å²) in [5, 5.41) is 13.2. The van der Waals surface area contributed by atoms with Crippen molar-refractivity contribution >= 4 is 10.0 Å². The third kappa shape index (κ3) is 4.53. The molecule has 27 heavy (non-hydrogen) atoms. The van der Waals surface area contributed by atoms with Gasteiger partial charge < -0.3 is 4.52 Å². The predicted octanol–water partition coefficient (Wildman–Crippen LogP) is 1.65. The lowest BCUT2D eigenvalue weighted by atomic mass is 10.1. The van der Waals surface area contributed by atoms with Crippen LogP contribution in [-0.2, 0) is 23.0 Å². The van der Waals surface area contributed by atoms with Gasteiger partial charge in [0, 0.05) is 32.6 Å². The van der Waals surface area contributed by atoms with Crippen molar-refractivity contribution in [2.45, 2.75) is 31.7 Å². The molecule has 3 rings (SSSR count). The van der Waals surface area contributed by atoms with E-state index in [4.69, 9.17) is 4.52 Å². The van der Waals surface area contributed by atoms with Crippen molar-refractivity contribution in [2.75, 3.05) is 26.2 Å². The van der Waals surface area contributed by atoms with E-state index >= 15 is 0 Å². The number of sulfonamides is 1. The molecule has 0 unspecified atom stereocenters. The molecule has 0 N–H and O–H groups in total. The monoisotopic (exact) mass is 389 g/mol. The zero-order valence-electron chi connectivity index (χ0n) is 15.5. The number of nitrogens with zero attached hydrogens (tertiary/aromatic N) is 5. The summed E-state index contributed by atoms with van der Waals surface area (Å²) in [6, 6.07) is 8.25. The quantitative estimate of drug-likeness (QED) is 0.740. The van der Waals surface area contributed by atoms with Gasteiger partial charge in [0.25, 0.3) is 0 Å². The van der Waals surface area contributed by atoms with Crippen molar-refractivity contribution in [3.63, 3.8) is 0 Å². The van der Waals surface area contributed by atoms with Crippen LogP contribution >= 0.6 is 0 Å². The smallest absolute Gasteiger partial charge is 0.244 e. The maximum absolute atomic E-state index is 12.9. The summed E-state index contributed by atoms with van der Waals surface area (Å²) in [5.41, 5.74) is 0.170. The first kappa shape index (κ1) is 19.5. The Labute approximate surface area is 159 Å². The number of hydrogen-bond acceptors (Lipinski definition) is 7. The molecule has 8 nitrogen and oxygen atoms in total. The summed E-state index contributed by atoms with van der Waals surface area (Å²) < 4.78 is 32.4. The van der Waals surface area contributed by atoms with Gasteiger partial charge in [0.05, 0.1) is 17.0 Å². The van der Waals surface area contributed by atoms with E-state index in [0.717, 1.165) is 6.42 Å². The normalized spacial score (nSPS) is 16.5. The third-order valence-electron chi connectivity index (χ3n) is 4.42. The summed E-state index contributed by atoms with van der Waals surface area (Å²) >= 11 is 0. The Hall–Kier alpha value is -2.28. The highest BCUT2D eigenvalue weighted by Gasteiger charge is 2.30. The van der Waals surface area contributed by atoms with Crippen molar-refractivity contribution in [1.82, 2.24) is 19.3 Å². The zero-order valence-corrected chi connectivity index (χ0v) is 16.3. The summed E-state index contributed by atoms with van der Waals surface area (Å²) in [6.07, 6.45) is 0.772. The molecule has 1 aromatic carbocycles. The standard InChI is InChI=1S/C18H23N5O3S/c1-14(2)11-17-20-18(26-21-17)13-22-7-9-23(10-8-22)27(24,25)16-6-4-3-5-15(16)12-19/h3-6,14H,7-11,13H2,1-2H3. The molecule has 9 heteroatoms. The Balaban J connectivity index is 1.62. The molecule has 0 bridgehead atoms. The van der Waals surface area contributed by atoms with Crippen LogP contribution in [0.3, 0.4) is 0 Å². The molecule has 0 radical (unpaired) electrons. The molecule has 0 atom stereocenters. The van der Waals surface area contributed by atoms with Gasteiger partial charge in [0.15, 0.2) is 5.82 Å². The van der Waals surface area contributed by atoms with Crippen LogP contribution in [0.15, 0.2) is 33.7 Å². The van der Waals surface area contributed by atoms with Crippen LogP contribution in [0, 0.1) is 17.2 Å². The molecule has 1 aromatic heterocycles. The Bertz CT molecular complexity index is 924. The van der Waals surface area contributed by atoms with Crippen LogP contribution in [0.2, 0.25) is 0 Å². The fraction of sp³-hybridized carbons (Fsp3) is 0.500. The highest BCUT2D eigenvalue weighted by atomic mass is 32.2. The van der Waals surface area contributed by atoms with E-state index in [1.165, 1.54) is 16.4 Å². The van der Waals surface area contributed by atoms with Crippen molar-refractivity contribution in [2.24, 2.45) is 5.92 Å². The van der Waals surface area contributed by atoms with Gasteiger partial charge in [-0.25, -0.2) is 8.42 Å². The Morgan fingerprint density at radius 3 is 2.59 bits per heavy atom. The molecule has 1 aliphatic rings. The largest absolute Gasteiger partial charge is 0.338 e. The minimum Gasteiger partial charge on any atom is -0.338 e. The summed E-state index contributed by atoms with van der Waals surface area (Å²) in [5.74, 6) is 1.71. The average molecular weight is 389 g/mol. The van der Waals surface area contributed by atoms with E-state index in [1.54, 1.807) is 12.1 Å². The second-order valence-electron chi connectivity index (χ2n) is 6.99. The van der Waals surface area contributed by atoms with E-state index < -0.39 is 10.0 Å². The first-order chi connectivity index (χ1) is 12.9. The van der Waals surface area contributed by atoms with Crippen molar-refractivity contribution < 1.29 is 12.9 Å². The molecular formula is C18H23N5O3S. The van der Waals surface area contributed by atoms with E-state index in [1.807, 2.05) is 6.07 Å². The van der Waals surface area contributed by atoms with Gasteiger partial charge in [0.2, 0.25) is 15.9 Å². The van der Waals surface area contributed by atoms with Crippen LogP contribution in [0.4, 0.5) is 0 Å². The Morgan fingerprint density at radius 2 is 1.93 bits per heavy atom. The van der Waals surface area contributed by atoms with Crippen LogP contribution in [0.5, 0.6) is 0 Å². The Morgan fingerprint density at radius 1 is 1.22 bits per heavy atom. The number of benzene rings is 1. The molecule has 144 valence electrons. The number of hydrogen-bond donors (Lipinski definition) is 0. The van der Waals surface area contributed by atoms with Crippen LogP contribution in [0.25, 0.3) is 0 Å². The maximum Gasteiger partial charge on any atom is 0.244 e. The minimum absolute atomic E-state index is 0.0659. The Kier molecular flexibility index (Phi) is 5.89. The minimum atomic E-state index is -3.68. The number of aromatic nitrogens is 2. The van der Waals surface area contributed by atoms with E-state index in [-0.39, 0.29) is 10.5 Å². The summed E-state index contributed by atoms with van der Waals surface area (Å²) in [4.78, 5) is 6.55. The molecule has 0 spiro atoms. The fourth-order valence-electron chi connectivity index (χ4n) is 3.04. The van der Waals surface area contributed by atoms with Gasteiger partial charge in [-0.1, -0.05) is 31.1 Å². The van der Waals surface area contributed by atoms with E-state index in [2.05, 4.69) is 28.9 Å². The van der Waals surface area contributed by atoms with Gasteiger partial charge in [0.1, 0.15) is 6.07 Å². The molecule has 2 aromatic rings. The van der Waals surface area contributed by atoms with Gasteiger partial charge >= 0.3 is 0 Å². The van der Waals surface area contributed by atoms with Gasteiger partial charge in [-0.05, 0) is 18.1 Å². The highest BCUT2D eigenvalue weighted by Crippen LogP contribution is 2.21. The molecule has 2 heterocycles. The van der Waals surface area contributed by atoms with Crippen LogP contribution in [-0.4, -0.2) is 53.9 Å². The molecular weight excluding hydrogens is 366 g/mol. The fourth-order valence-corrected chi connectivity index (χ4v) is 4.61. The molecule has 0 amide bonds. The van der Waals surface area contributed by atoms with Crippen molar-refractivity contribution in [3.8, 4) is 6.07 Å². The maximum atomic E-state index is 12.9. The molecule has 1 saturated heterocycles. The first-order valence-electron chi connectivity index (χ1n) is 8.93. The average Bonchev–Trinajstić information content (AvgIpc) is 3.08. The second kappa shape index (κ2) is 8.17. The van der Waals surface area contributed by atoms with Crippen molar-refractivity contribution in [1.29, 1.82) is 5.26 Å². The lowest BCUT2D eigenvalue weighted by Crippen LogP contribution is -2.48. The summed E-state index contributed by atoms with van der Waals surface area (Å²) in [7, 11) is -3.68. The third-order valence-corrected chi connectivity index (χ3v) is 6.37. The molecule has 1 aliphatic heterocycles. The van der Waals surface area contributed by atoms with Crippen molar-refractivity contribution in [3.05, 3.63) is 41.5 Å². The SMILES string of the molecule is CC(C)Cc1noc(CN2CCN(S(=O)(=O)c3ccccc3C#N)CC2)n1.